The summed E-state index contributed by atoms with van der Waals surface area (Å²) in [6, 6.07) is 19.0. The molecular formula is C25H24N4O4. The first-order chi connectivity index (χ1) is 16.2. The Morgan fingerprint density at radius 2 is 1.70 bits per heavy atom. The second kappa shape index (κ2) is 8.82. The van der Waals surface area contributed by atoms with E-state index < -0.39 is 0 Å². The van der Waals surface area contributed by atoms with Crippen molar-refractivity contribution in [2.75, 3.05) is 45.3 Å². The Kier molecular flexibility index (Phi) is 5.56. The molecule has 2 aromatic heterocycles. The summed E-state index contributed by atoms with van der Waals surface area (Å²) in [6.45, 7) is 2.50. The van der Waals surface area contributed by atoms with E-state index in [0.29, 0.717) is 43.3 Å². The minimum atomic E-state index is -0.117. The lowest BCUT2D eigenvalue weighted by Gasteiger charge is -2.34. The molecular weight excluding hydrogens is 420 g/mol. The molecule has 33 heavy (non-hydrogen) atoms. The summed E-state index contributed by atoms with van der Waals surface area (Å²) in [5.74, 6) is 2.43. The normalized spacial score (nSPS) is 13.9. The van der Waals surface area contributed by atoms with Crippen molar-refractivity contribution < 1.29 is 18.7 Å². The lowest BCUT2D eigenvalue weighted by atomic mass is 10.1. The van der Waals surface area contributed by atoms with Crippen molar-refractivity contribution in [3.63, 3.8) is 0 Å². The first kappa shape index (κ1) is 20.8. The minimum Gasteiger partial charge on any atom is -0.497 e. The van der Waals surface area contributed by atoms with Crippen LogP contribution in [0.25, 0.3) is 22.2 Å². The van der Waals surface area contributed by atoms with Crippen LogP contribution in [0, 0.1) is 0 Å². The van der Waals surface area contributed by atoms with E-state index in [-0.39, 0.29) is 5.91 Å². The van der Waals surface area contributed by atoms with Crippen LogP contribution < -0.4 is 14.4 Å². The maximum atomic E-state index is 13.0. The zero-order chi connectivity index (χ0) is 22.8. The molecule has 0 radical (unpaired) electrons. The van der Waals surface area contributed by atoms with Crippen LogP contribution in [0.15, 0.2) is 65.1 Å². The number of hydrogen-bond acceptors (Lipinski definition) is 7. The van der Waals surface area contributed by atoms with Gasteiger partial charge in [-0.2, -0.15) is 0 Å². The van der Waals surface area contributed by atoms with Gasteiger partial charge < -0.3 is 23.7 Å². The van der Waals surface area contributed by atoms with Gasteiger partial charge in [0.15, 0.2) is 22.9 Å². The molecule has 0 unspecified atom stereocenters. The lowest BCUT2D eigenvalue weighted by molar-refractivity contribution is 0.0716. The molecule has 3 heterocycles. The molecule has 1 saturated heterocycles. The predicted molar refractivity (Wildman–Crippen MR) is 125 cm³/mol. The molecule has 8 heteroatoms. The number of benzene rings is 2. The molecule has 1 fully saturated rings. The molecule has 4 aromatic rings. The van der Waals surface area contributed by atoms with Gasteiger partial charge in [-0.1, -0.05) is 12.1 Å². The number of piperazine rings is 1. The maximum absolute atomic E-state index is 13.0. The van der Waals surface area contributed by atoms with Gasteiger partial charge in [0, 0.05) is 37.1 Å². The number of aromatic nitrogens is 2. The largest absolute Gasteiger partial charge is 0.497 e. The molecule has 0 saturated carbocycles. The number of nitrogens with zero attached hydrogens (tertiary/aromatic N) is 4. The zero-order valence-electron chi connectivity index (χ0n) is 18.5. The van der Waals surface area contributed by atoms with Crippen molar-refractivity contribution in [1.82, 2.24) is 15.1 Å². The Hall–Kier alpha value is -4.07. The Labute approximate surface area is 191 Å². The van der Waals surface area contributed by atoms with Crippen LogP contribution in [0.5, 0.6) is 11.5 Å². The fraction of sp³-hybridized carbons (Fsp3) is 0.240. The average Bonchev–Trinajstić information content (AvgIpc) is 3.33. The summed E-state index contributed by atoms with van der Waals surface area (Å²) in [5.41, 5.74) is 2.37. The summed E-state index contributed by atoms with van der Waals surface area (Å²) in [4.78, 5) is 16.9. The first-order valence-corrected chi connectivity index (χ1v) is 10.7. The molecule has 0 bridgehead atoms. The number of ether oxygens (including phenoxy) is 2. The molecule has 0 aliphatic carbocycles. The Morgan fingerprint density at radius 3 is 2.36 bits per heavy atom. The van der Waals surface area contributed by atoms with Gasteiger partial charge in [-0.3, -0.25) is 4.79 Å². The SMILES string of the molecule is COc1ccc(-c2ccc(N3CCN(C(=O)c4cc5cccc(OC)c5o4)CC3)nn2)cc1. The van der Waals surface area contributed by atoms with Crippen molar-refractivity contribution in [2.45, 2.75) is 0 Å². The van der Waals surface area contributed by atoms with E-state index in [1.54, 1.807) is 25.2 Å². The van der Waals surface area contributed by atoms with E-state index >= 15 is 0 Å². The number of para-hydroxylation sites is 1. The molecule has 0 N–H and O–H groups in total. The van der Waals surface area contributed by atoms with Crippen LogP contribution in [-0.4, -0.2) is 61.4 Å². The highest BCUT2D eigenvalue weighted by atomic mass is 16.5. The molecule has 2 aromatic carbocycles. The molecule has 0 atom stereocenters. The Balaban J connectivity index is 1.24. The summed E-state index contributed by atoms with van der Waals surface area (Å²) in [6.07, 6.45) is 0. The minimum absolute atomic E-state index is 0.117. The van der Waals surface area contributed by atoms with Crippen LogP contribution in [0.3, 0.4) is 0 Å². The molecule has 5 rings (SSSR count). The number of furan rings is 1. The Bertz CT molecular complexity index is 1260. The van der Waals surface area contributed by atoms with Crippen LogP contribution in [0.1, 0.15) is 10.6 Å². The summed E-state index contributed by atoms with van der Waals surface area (Å²) >= 11 is 0. The van der Waals surface area contributed by atoms with E-state index in [1.807, 2.05) is 54.6 Å². The van der Waals surface area contributed by atoms with Crippen molar-refractivity contribution in [1.29, 1.82) is 0 Å². The van der Waals surface area contributed by atoms with Crippen LogP contribution in [0.2, 0.25) is 0 Å². The molecule has 1 aliphatic heterocycles. The first-order valence-electron chi connectivity index (χ1n) is 10.7. The van der Waals surface area contributed by atoms with Crippen molar-refractivity contribution in [2.24, 2.45) is 0 Å². The van der Waals surface area contributed by atoms with E-state index in [4.69, 9.17) is 13.9 Å². The third-order valence-electron chi connectivity index (χ3n) is 5.87. The third-order valence-corrected chi connectivity index (χ3v) is 5.87. The highest BCUT2D eigenvalue weighted by Crippen LogP contribution is 2.29. The highest BCUT2D eigenvalue weighted by molar-refractivity contribution is 5.97. The summed E-state index contributed by atoms with van der Waals surface area (Å²) in [7, 11) is 3.23. The van der Waals surface area contributed by atoms with Gasteiger partial charge in [-0.25, -0.2) is 0 Å². The second-order valence-corrected chi connectivity index (χ2v) is 7.77. The fourth-order valence-electron chi connectivity index (χ4n) is 4.01. The van der Waals surface area contributed by atoms with Gasteiger partial charge in [-0.15, -0.1) is 10.2 Å². The molecule has 1 aliphatic rings. The van der Waals surface area contributed by atoms with Gasteiger partial charge in [0.25, 0.3) is 5.91 Å². The molecule has 1 amide bonds. The maximum Gasteiger partial charge on any atom is 0.289 e. The van der Waals surface area contributed by atoms with Crippen molar-refractivity contribution in [3.8, 4) is 22.8 Å². The van der Waals surface area contributed by atoms with E-state index in [0.717, 1.165) is 28.2 Å². The predicted octanol–water partition coefficient (Wildman–Crippen LogP) is 3.87. The molecule has 8 nitrogen and oxygen atoms in total. The zero-order valence-corrected chi connectivity index (χ0v) is 18.5. The van der Waals surface area contributed by atoms with Gasteiger partial charge in [0.05, 0.1) is 19.9 Å². The van der Waals surface area contributed by atoms with Crippen molar-refractivity contribution >= 4 is 22.7 Å². The fourth-order valence-corrected chi connectivity index (χ4v) is 4.01. The smallest absolute Gasteiger partial charge is 0.289 e. The van der Waals surface area contributed by atoms with Gasteiger partial charge in [0.2, 0.25) is 0 Å². The standard InChI is InChI=1S/C25H24N4O4/c1-31-19-8-6-17(7-9-19)20-10-11-23(27-26-20)28-12-14-29(15-13-28)25(30)22-16-18-4-3-5-21(32-2)24(18)33-22/h3-11,16H,12-15H2,1-2H3. The monoisotopic (exact) mass is 444 g/mol. The van der Waals surface area contributed by atoms with E-state index in [9.17, 15) is 4.79 Å². The van der Waals surface area contributed by atoms with Gasteiger partial charge >= 0.3 is 0 Å². The number of hydrogen-bond donors (Lipinski definition) is 0. The number of carbonyl (C=O) groups is 1. The Morgan fingerprint density at radius 1 is 0.909 bits per heavy atom. The number of carbonyl (C=O) groups excluding carboxylic acids is 1. The number of methoxy groups -OCH3 is 2. The van der Waals surface area contributed by atoms with Gasteiger partial charge in [-0.05, 0) is 48.5 Å². The number of fused-ring (bicyclic) bond motifs is 1. The summed E-state index contributed by atoms with van der Waals surface area (Å²) in [5, 5.41) is 9.64. The number of amides is 1. The van der Waals surface area contributed by atoms with Crippen LogP contribution in [-0.2, 0) is 0 Å². The molecule has 0 spiro atoms. The number of anilines is 1. The van der Waals surface area contributed by atoms with Crippen LogP contribution >= 0.6 is 0 Å². The third kappa shape index (κ3) is 4.07. The quantitative estimate of drug-likeness (QED) is 0.462. The summed E-state index contributed by atoms with van der Waals surface area (Å²) < 4.78 is 16.4. The van der Waals surface area contributed by atoms with E-state index in [2.05, 4.69) is 15.1 Å². The molecule has 168 valence electrons. The lowest BCUT2D eigenvalue weighted by Crippen LogP contribution is -2.49. The highest BCUT2D eigenvalue weighted by Gasteiger charge is 2.26. The second-order valence-electron chi connectivity index (χ2n) is 7.77. The van der Waals surface area contributed by atoms with Crippen molar-refractivity contribution in [3.05, 3.63) is 66.4 Å². The number of rotatable bonds is 5. The van der Waals surface area contributed by atoms with E-state index in [1.165, 1.54) is 0 Å². The van der Waals surface area contributed by atoms with Gasteiger partial charge in [0.1, 0.15) is 5.75 Å². The van der Waals surface area contributed by atoms with Crippen LogP contribution in [0.4, 0.5) is 5.82 Å². The average molecular weight is 444 g/mol. The topological polar surface area (TPSA) is 80.9 Å².